The van der Waals surface area contributed by atoms with E-state index in [4.69, 9.17) is 4.42 Å². The predicted octanol–water partition coefficient (Wildman–Crippen LogP) is 3.40. The van der Waals surface area contributed by atoms with E-state index in [0.717, 1.165) is 17.0 Å². The molecular weight excluding hydrogens is 212 g/mol. The van der Waals surface area contributed by atoms with Crippen LogP contribution in [0.3, 0.4) is 0 Å². The molecule has 0 unspecified atom stereocenters. The van der Waals surface area contributed by atoms with Crippen LogP contribution in [0.15, 0.2) is 65.4 Å². The molecule has 0 amide bonds. The van der Waals surface area contributed by atoms with Crippen LogP contribution in [0.5, 0.6) is 0 Å². The van der Waals surface area contributed by atoms with E-state index in [0.29, 0.717) is 5.89 Å². The van der Waals surface area contributed by atoms with E-state index in [1.807, 2.05) is 48.5 Å². The maximum Gasteiger partial charge on any atom is 0.245 e. The lowest BCUT2D eigenvalue weighted by Gasteiger charge is -2.01. The quantitative estimate of drug-likeness (QED) is 0.667. The average Bonchev–Trinajstić information content (AvgIpc) is 2.94. The van der Waals surface area contributed by atoms with Crippen molar-refractivity contribution in [1.82, 2.24) is 9.97 Å². The van der Waals surface area contributed by atoms with E-state index < -0.39 is 0 Å². The van der Waals surface area contributed by atoms with Gasteiger partial charge in [0.15, 0.2) is 0 Å². The maximum absolute atomic E-state index is 5.24. The van der Waals surface area contributed by atoms with Crippen LogP contribution in [0.4, 0.5) is 0 Å². The fraction of sp³-hybridized carbons (Fsp3) is 0. The molecule has 1 aromatic carbocycles. The summed E-state index contributed by atoms with van der Waals surface area (Å²) in [7, 11) is 0. The third kappa shape index (κ3) is 1.95. The highest BCUT2D eigenvalue weighted by Gasteiger charge is 2.05. The lowest BCUT2D eigenvalue weighted by Crippen LogP contribution is -1.87. The average molecular weight is 222 g/mol. The first-order chi connectivity index (χ1) is 8.43. The molecule has 0 atom stereocenters. The van der Waals surface area contributed by atoms with E-state index in [1.165, 1.54) is 0 Å². The molecule has 17 heavy (non-hydrogen) atoms. The van der Waals surface area contributed by atoms with Crippen molar-refractivity contribution in [2.45, 2.75) is 0 Å². The number of nitrogens with zero attached hydrogens (tertiary/aromatic N) is 2. The Bertz CT molecular complexity index is 603. The molecule has 0 radical (unpaired) electrons. The summed E-state index contributed by atoms with van der Waals surface area (Å²) in [6.07, 6.45) is 3.17. The first kappa shape index (κ1) is 9.78. The van der Waals surface area contributed by atoms with Gasteiger partial charge >= 0.3 is 0 Å². The molecule has 3 rings (SSSR count). The number of pyridine rings is 1. The van der Waals surface area contributed by atoms with Crippen molar-refractivity contribution in [3.8, 4) is 22.8 Å². The van der Waals surface area contributed by atoms with Crippen molar-refractivity contribution < 1.29 is 4.42 Å². The number of aromatic nitrogens is 2. The normalized spacial score (nSPS) is 10.4. The van der Waals surface area contributed by atoms with Crippen LogP contribution in [0.1, 0.15) is 0 Å². The summed E-state index contributed by atoms with van der Waals surface area (Å²) in [4.78, 5) is 8.62. The predicted molar refractivity (Wildman–Crippen MR) is 65.2 cm³/mol. The summed E-state index contributed by atoms with van der Waals surface area (Å²) in [5.74, 6) is 0.544. The number of oxazole rings is 1. The Kier molecular flexibility index (Phi) is 2.43. The molecular formula is C14H10N2O. The van der Waals surface area contributed by atoms with Gasteiger partial charge in [-0.2, -0.15) is 0 Å². The van der Waals surface area contributed by atoms with Gasteiger partial charge in [0.2, 0.25) is 5.89 Å². The molecule has 3 nitrogen and oxygen atoms in total. The highest BCUT2D eigenvalue weighted by Crippen LogP contribution is 2.20. The zero-order valence-electron chi connectivity index (χ0n) is 9.08. The molecule has 3 heteroatoms. The fourth-order valence-corrected chi connectivity index (χ4v) is 1.67. The van der Waals surface area contributed by atoms with Crippen LogP contribution in [0.25, 0.3) is 22.8 Å². The van der Waals surface area contributed by atoms with E-state index in [1.54, 1.807) is 12.5 Å². The van der Waals surface area contributed by atoms with Crippen molar-refractivity contribution in [3.63, 3.8) is 0 Å². The molecule has 0 fully saturated rings. The summed E-state index contributed by atoms with van der Waals surface area (Å²) >= 11 is 0. The molecule has 0 N–H and O–H groups in total. The van der Waals surface area contributed by atoms with E-state index >= 15 is 0 Å². The molecule has 0 aliphatic rings. The standard InChI is InChI=1S/C14H10N2O/c1-2-5-11(6-3-1)12-7-4-8-13(16-12)14-15-9-10-17-14/h1-10H. The first-order valence-electron chi connectivity index (χ1n) is 5.36. The van der Waals surface area contributed by atoms with Gasteiger partial charge in [0, 0.05) is 5.56 Å². The van der Waals surface area contributed by atoms with Crippen LogP contribution in [-0.4, -0.2) is 9.97 Å². The van der Waals surface area contributed by atoms with Crippen LogP contribution < -0.4 is 0 Å². The Morgan fingerprint density at radius 2 is 1.65 bits per heavy atom. The van der Waals surface area contributed by atoms with E-state index in [2.05, 4.69) is 9.97 Å². The van der Waals surface area contributed by atoms with Gasteiger partial charge in [0.1, 0.15) is 12.0 Å². The van der Waals surface area contributed by atoms with Crippen LogP contribution >= 0.6 is 0 Å². The molecule has 0 saturated carbocycles. The summed E-state index contributed by atoms with van der Waals surface area (Å²) in [6, 6.07) is 15.9. The second-order valence-corrected chi connectivity index (χ2v) is 3.61. The minimum absolute atomic E-state index is 0.544. The number of benzene rings is 1. The van der Waals surface area contributed by atoms with Crippen molar-refractivity contribution in [2.75, 3.05) is 0 Å². The summed E-state index contributed by atoms with van der Waals surface area (Å²) in [5.41, 5.74) is 2.75. The zero-order chi connectivity index (χ0) is 11.5. The molecule has 82 valence electrons. The summed E-state index contributed by atoms with van der Waals surface area (Å²) in [6.45, 7) is 0. The lowest BCUT2D eigenvalue weighted by molar-refractivity contribution is 0.572. The molecule has 2 aromatic heterocycles. The largest absolute Gasteiger partial charge is 0.443 e. The number of hydrogen-bond acceptors (Lipinski definition) is 3. The minimum atomic E-state index is 0.544. The Hall–Kier alpha value is -2.42. The highest BCUT2D eigenvalue weighted by molar-refractivity contribution is 5.62. The van der Waals surface area contributed by atoms with Gasteiger partial charge in [-0.3, -0.25) is 0 Å². The van der Waals surface area contributed by atoms with Crippen LogP contribution in [0, 0.1) is 0 Å². The van der Waals surface area contributed by atoms with Gasteiger partial charge < -0.3 is 4.42 Å². The van der Waals surface area contributed by atoms with Gasteiger partial charge in [0.25, 0.3) is 0 Å². The van der Waals surface area contributed by atoms with Gasteiger partial charge in [-0.25, -0.2) is 9.97 Å². The summed E-state index contributed by atoms with van der Waals surface area (Å²) < 4.78 is 5.24. The van der Waals surface area contributed by atoms with Gasteiger partial charge in [-0.1, -0.05) is 36.4 Å². The lowest BCUT2D eigenvalue weighted by atomic mass is 10.1. The molecule has 0 bridgehead atoms. The van der Waals surface area contributed by atoms with Gasteiger partial charge in [-0.15, -0.1) is 0 Å². The SMILES string of the molecule is c1ccc(-c2cccc(-c3ncco3)n2)cc1. The van der Waals surface area contributed by atoms with E-state index in [9.17, 15) is 0 Å². The van der Waals surface area contributed by atoms with Crippen molar-refractivity contribution in [1.29, 1.82) is 0 Å². The molecule has 0 aliphatic heterocycles. The number of rotatable bonds is 2. The third-order valence-corrected chi connectivity index (χ3v) is 2.47. The van der Waals surface area contributed by atoms with Crippen molar-refractivity contribution in [2.24, 2.45) is 0 Å². The maximum atomic E-state index is 5.24. The molecule has 3 aromatic rings. The molecule has 2 heterocycles. The van der Waals surface area contributed by atoms with Crippen molar-refractivity contribution in [3.05, 3.63) is 61.0 Å². The smallest absolute Gasteiger partial charge is 0.245 e. The van der Waals surface area contributed by atoms with Gasteiger partial charge in [0.05, 0.1) is 11.9 Å². The zero-order valence-corrected chi connectivity index (χ0v) is 9.08. The topological polar surface area (TPSA) is 38.9 Å². The second kappa shape index (κ2) is 4.22. The van der Waals surface area contributed by atoms with Crippen molar-refractivity contribution >= 4 is 0 Å². The minimum Gasteiger partial charge on any atom is -0.443 e. The monoisotopic (exact) mass is 222 g/mol. The first-order valence-corrected chi connectivity index (χ1v) is 5.36. The Balaban J connectivity index is 2.06. The van der Waals surface area contributed by atoms with E-state index in [-0.39, 0.29) is 0 Å². The van der Waals surface area contributed by atoms with Crippen LogP contribution in [0.2, 0.25) is 0 Å². The van der Waals surface area contributed by atoms with Gasteiger partial charge in [-0.05, 0) is 12.1 Å². The highest BCUT2D eigenvalue weighted by atomic mass is 16.3. The Morgan fingerprint density at radius 3 is 2.41 bits per heavy atom. The fourth-order valence-electron chi connectivity index (χ4n) is 1.67. The Labute approximate surface area is 98.8 Å². The number of hydrogen-bond donors (Lipinski definition) is 0. The molecule has 0 spiro atoms. The molecule has 0 aliphatic carbocycles. The second-order valence-electron chi connectivity index (χ2n) is 3.61. The van der Waals surface area contributed by atoms with Crippen LogP contribution in [-0.2, 0) is 0 Å². The summed E-state index contributed by atoms with van der Waals surface area (Å²) in [5, 5.41) is 0. The molecule has 0 saturated heterocycles. The Morgan fingerprint density at radius 1 is 0.824 bits per heavy atom. The third-order valence-electron chi connectivity index (χ3n) is 2.47.